The Hall–Kier alpha value is -2.12. The highest BCUT2D eigenvalue weighted by Gasteiger charge is 2.27. The molecule has 1 aliphatic rings. The van der Waals surface area contributed by atoms with Crippen molar-refractivity contribution >= 4 is 39.3 Å². The normalized spacial score (nSPS) is 13.1. The number of hydrogen-bond acceptors (Lipinski definition) is 5. The van der Waals surface area contributed by atoms with E-state index in [0.717, 1.165) is 21.5 Å². The highest BCUT2D eigenvalue weighted by Crippen LogP contribution is 2.34. The Balaban J connectivity index is 1.57. The van der Waals surface area contributed by atoms with Crippen molar-refractivity contribution in [2.24, 2.45) is 0 Å². The Kier molecular flexibility index (Phi) is 4.82. The van der Waals surface area contributed by atoms with E-state index in [-0.39, 0.29) is 5.91 Å². The zero-order chi connectivity index (χ0) is 18.1. The van der Waals surface area contributed by atoms with Crippen molar-refractivity contribution in [3.8, 4) is 0 Å². The van der Waals surface area contributed by atoms with E-state index in [1.54, 1.807) is 6.92 Å². The summed E-state index contributed by atoms with van der Waals surface area (Å²) in [5, 5.41) is 3.80. The van der Waals surface area contributed by atoms with Gasteiger partial charge in [0, 0.05) is 21.6 Å². The van der Waals surface area contributed by atoms with E-state index in [0.29, 0.717) is 29.6 Å². The van der Waals surface area contributed by atoms with E-state index in [1.165, 1.54) is 17.3 Å². The summed E-state index contributed by atoms with van der Waals surface area (Å²) in [6.45, 7) is 2.49. The summed E-state index contributed by atoms with van der Waals surface area (Å²) in [6.07, 6.45) is 0.872. The molecule has 0 bridgehead atoms. The van der Waals surface area contributed by atoms with E-state index in [9.17, 15) is 4.79 Å². The molecule has 26 heavy (non-hydrogen) atoms. The first-order chi connectivity index (χ1) is 12.6. The van der Waals surface area contributed by atoms with E-state index in [1.807, 2.05) is 41.3 Å². The summed E-state index contributed by atoms with van der Waals surface area (Å²) in [5.74, 6) is 1.74. The minimum atomic E-state index is 0.0240. The number of amides is 1. The van der Waals surface area contributed by atoms with Crippen LogP contribution in [-0.4, -0.2) is 22.6 Å². The highest BCUT2D eigenvalue weighted by molar-refractivity contribution is 9.10. The summed E-state index contributed by atoms with van der Waals surface area (Å²) in [7, 11) is 0. The van der Waals surface area contributed by atoms with Crippen molar-refractivity contribution in [1.29, 1.82) is 0 Å². The van der Waals surface area contributed by atoms with Gasteiger partial charge in [0.15, 0.2) is 5.82 Å². The quantitative estimate of drug-likeness (QED) is 0.565. The first kappa shape index (κ1) is 17.3. The van der Waals surface area contributed by atoms with E-state index >= 15 is 0 Å². The summed E-state index contributed by atoms with van der Waals surface area (Å²) in [6, 6.07) is 13.7. The van der Waals surface area contributed by atoms with Gasteiger partial charge in [-0.1, -0.05) is 33.2 Å². The van der Waals surface area contributed by atoms with E-state index < -0.39 is 0 Å². The van der Waals surface area contributed by atoms with E-state index in [2.05, 4.69) is 32.1 Å². The van der Waals surface area contributed by atoms with Gasteiger partial charge in [-0.2, -0.15) is 4.98 Å². The maximum absolute atomic E-state index is 13.2. The number of thioether (sulfide) groups is 1. The molecule has 0 spiro atoms. The molecule has 132 valence electrons. The molecule has 2 heterocycles. The van der Waals surface area contributed by atoms with Crippen LogP contribution in [0.2, 0.25) is 0 Å². The lowest BCUT2D eigenvalue weighted by molar-refractivity contribution is 0.0986. The number of carbonyl (C=O) groups excluding carboxylic acids is 1. The van der Waals surface area contributed by atoms with Crippen molar-refractivity contribution in [1.82, 2.24) is 10.1 Å². The number of carbonyl (C=O) groups is 1. The van der Waals surface area contributed by atoms with Crippen LogP contribution < -0.4 is 4.90 Å². The molecule has 1 aliphatic heterocycles. The molecule has 0 N–H and O–H groups in total. The van der Waals surface area contributed by atoms with Crippen LogP contribution in [0.5, 0.6) is 0 Å². The van der Waals surface area contributed by atoms with Crippen molar-refractivity contribution in [2.45, 2.75) is 24.0 Å². The third-order valence-corrected chi connectivity index (χ3v) is 5.77. The fourth-order valence-corrected chi connectivity index (χ4v) is 4.32. The maximum Gasteiger partial charge on any atom is 0.259 e. The van der Waals surface area contributed by atoms with Crippen molar-refractivity contribution < 1.29 is 9.32 Å². The van der Waals surface area contributed by atoms with Crippen LogP contribution in [0.1, 0.15) is 27.6 Å². The molecule has 0 atom stereocenters. The van der Waals surface area contributed by atoms with Crippen LogP contribution >= 0.6 is 27.7 Å². The van der Waals surface area contributed by atoms with Crippen LogP contribution in [0.15, 0.2) is 56.4 Å². The maximum atomic E-state index is 13.2. The van der Waals surface area contributed by atoms with Gasteiger partial charge in [-0.15, -0.1) is 11.8 Å². The van der Waals surface area contributed by atoms with Crippen molar-refractivity contribution in [3.63, 3.8) is 0 Å². The fourth-order valence-electron chi connectivity index (χ4n) is 3.03. The Labute approximate surface area is 163 Å². The lowest BCUT2D eigenvalue weighted by Crippen LogP contribution is -2.29. The largest absolute Gasteiger partial charge is 0.338 e. The van der Waals surface area contributed by atoms with Gasteiger partial charge in [0.1, 0.15) is 0 Å². The first-order valence-electron chi connectivity index (χ1n) is 8.23. The van der Waals surface area contributed by atoms with Crippen LogP contribution in [-0.2, 0) is 12.2 Å². The number of anilines is 1. The Morgan fingerprint density at radius 1 is 1.31 bits per heavy atom. The zero-order valence-electron chi connectivity index (χ0n) is 14.1. The summed E-state index contributed by atoms with van der Waals surface area (Å²) >= 11 is 5.03. The molecule has 5 nitrogen and oxygen atoms in total. The molecule has 0 saturated heterocycles. The fraction of sp³-hybridized carbons (Fsp3) is 0.211. The second kappa shape index (κ2) is 7.25. The molecule has 4 rings (SSSR count). The van der Waals surface area contributed by atoms with Gasteiger partial charge < -0.3 is 9.42 Å². The number of nitrogens with zero attached hydrogens (tertiary/aromatic N) is 3. The van der Waals surface area contributed by atoms with Gasteiger partial charge in [-0.05, 0) is 49.2 Å². The molecule has 1 amide bonds. The number of hydrogen-bond donors (Lipinski definition) is 0. The van der Waals surface area contributed by atoms with Gasteiger partial charge in [0.05, 0.1) is 11.3 Å². The summed E-state index contributed by atoms with van der Waals surface area (Å²) < 4.78 is 6.20. The minimum Gasteiger partial charge on any atom is -0.338 e. The summed E-state index contributed by atoms with van der Waals surface area (Å²) in [4.78, 5) is 20.2. The van der Waals surface area contributed by atoms with Gasteiger partial charge in [0.2, 0.25) is 5.89 Å². The van der Waals surface area contributed by atoms with Gasteiger partial charge in [-0.3, -0.25) is 4.79 Å². The minimum absolute atomic E-state index is 0.0240. The van der Waals surface area contributed by atoms with Crippen LogP contribution in [0, 0.1) is 6.92 Å². The number of fused-ring (bicyclic) bond motifs is 1. The van der Waals surface area contributed by atoms with Crippen molar-refractivity contribution in [3.05, 3.63) is 69.8 Å². The zero-order valence-corrected chi connectivity index (χ0v) is 16.5. The molecular weight excluding hydrogens is 414 g/mol. The molecule has 7 heteroatoms. The molecule has 1 aromatic heterocycles. The monoisotopic (exact) mass is 429 g/mol. The first-order valence-corrected chi connectivity index (χ1v) is 10.0. The van der Waals surface area contributed by atoms with Gasteiger partial charge >= 0.3 is 0 Å². The molecule has 0 fully saturated rings. The third-order valence-electron chi connectivity index (χ3n) is 4.22. The second-order valence-corrected chi connectivity index (χ2v) is 7.93. The predicted molar refractivity (Wildman–Crippen MR) is 105 cm³/mol. The Morgan fingerprint density at radius 2 is 2.15 bits per heavy atom. The molecule has 0 radical (unpaired) electrons. The molecule has 0 unspecified atom stereocenters. The third kappa shape index (κ3) is 3.41. The Morgan fingerprint density at radius 3 is 2.96 bits per heavy atom. The lowest BCUT2D eigenvalue weighted by Gasteiger charge is -2.19. The van der Waals surface area contributed by atoms with Gasteiger partial charge in [0.25, 0.3) is 5.91 Å². The number of benzene rings is 2. The number of aromatic nitrogens is 2. The lowest BCUT2D eigenvalue weighted by atomic mass is 10.1. The van der Waals surface area contributed by atoms with Gasteiger partial charge in [-0.25, -0.2) is 0 Å². The smallest absolute Gasteiger partial charge is 0.259 e. The number of aryl methyl sites for hydroxylation is 1. The standard InChI is InChI=1S/C19H16BrN3O2S/c1-12-21-18(25-22-12)11-26-17-5-3-2-4-15(17)19(24)23-9-8-13-10-14(20)6-7-16(13)23/h2-7,10H,8-9,11H2,1H3. The average Bonchev–Trinajstić information content (AvgIpc) is 3.25. The Bertz CT molecular complexity index is 973. The number of rotatable bonds is 4. The average molecular weight is 430 g/mol. The topological polar surface area (TPSA) is 59.2 Å². The molecule has 3 aromatic rings. The predicted octanol–water partition coefficient (Wildman–Crippen LogP) is 4.64. The van der Waals surface area contributed by atoms with Crippen LogP contribution in [0.25, 0.3) is 0 Å². The van der Waals surface area contributed by atoms with Crippen LogP contribution in [0.4, 0.5) is 5.69 Å². The molecular formula is C19H16BrN3O2S. The second-order valence-electron chi connectivity index (χ2n) is 6.00. The number of halogens is 1. The van der Waals surface area contributed by atoms with Crippen LogP contribution in [0.3, 0.4) is 0 Å². The van der Waals surface area contributed by atoms with Crippen molar-refractivity contribution in [2.75, 3.05) is 11.4 Å². The van der Waals surface area contributed by atoms with E-state index in [4.69, 9.17) is 4.52 Å². The molecule has 2 aromatic carbocycles. The highest BCUT2D eigenvalue weighted by atomic mass is 79.9. The molecule has 0 aliphatic carbocycles. The molecule has 0 saturated carbocycles. The summed E-state index contributed by atoms with van der Waals surface area (Å²) in [5.41, 5.74) is 2.88. The SMILES string of the molecule is Cc1noc(CSc2ccccc2C(=O)N2CCc3cc(Br)ccc32)n1.